The number of rotatable bonds is 8. The summed E-state index contributed by atoms with van der Waals surface area (Å²) in [5.74, 6) is 0.466. The number of hydrogen-bond acceptors (Lipinski definition) is 9. The van der Waals surface area contributed by atoms with Gasteiger partial charge in [-0.3, -0.25) is 9.59 Å². The second-order valence-corrected chi connectivity index (χ2v) is 9.07. The van der Waals surface area contributed by atoms with Crippen LogP contribution in [0.3, 0.4) is 0 Å². The highest BCUT2D eigenvalue weighted by molar-refractivity contribution is 6.46. The smallest absolute Gasteiger partial charge is 0.295 e. The molecule has 1 amide bonds. The topological polar surface area (TPSA) is 107 Å². The number of amides is 1. The average Bonchev–Trinajstić information content (AvgIpc) is 3.67. The van der Waals surface area contributed by atoms with Crippen molar-refractivity contribution in [1.29, 1.82) is 0 Å². The molecule has 0 saturated carbocycles. The van der Waals surface area contributed by atoms with Crippen LogP contribution in [0.4, 0.5) is 0 Å². The Labute approximate surface area is 214 Å². The predicted octanol–water partition coefficient (Wildman–Crippen LogP) is 2.96. The Balaban J connectivity index is 1.62. The Morgan fingerprint density at radius 2 is 1.68 bits per heavy atom. The van der Waals surface area contributed by atoms with Crippen molar-refractivity contribution in [3.63, 3.8) is 0 Å². The lowest BCUT2D eigenvalue weighted by Gasteiger charge is -2.27. The average molecular weight is 511 g/mol. The van der Waals surface area contributed by atoms with E-state index in [9.17, 15) is 14.7 Å². The summed E-state index contributed by atoms with van der Waals surface area (Å²) in [4.78, 5) is 30.5. The number of benzene rings is 2. The molecule has 1 unspecified atom stereocenters. The molecule has 37 heavy (non-hydrogen) atoms. The van der Waals surface area contributed by atoms with Crippen molar-refractivity contribution in [2.24, 2.45) is 0 Å². The van der Waals surface area contributed by atoms with Crippen LogP contribution in [-0.2, 0) is 9.59 Å². The van der Waals surface area contributed by atoms with E-state index in [1.165, 1.54) is 26.2 Å². The fourth-order valence-corrected chi connectivity index (χ4v) is 5.16. The number of ether oxygens (including phenoxy) is 5. The van der Waals surface area contributed by atoms with Crippen molar-refractivity contribution in [2.45, 2.75) is 18.9 Å². The largest absolute Gasteiger partial charge is 0.507 e. The van der Waals surface area contributed by atoms with E-state index in [0.29, 0.717) is 53.0 Å². The number of aliphatic hydroxyl groups excluding tert-OH is 1. The zero-order chi connectivity index (χ0) is 26.1. The first kappa shape index (κ1) is 24.8. The van der Waals surface area contributed by atoms with Gasteiger partial charge in [0, 0.05) is 18.7 Å². The quantitative estimate of drug-likeness (QED) is 0.326. The highest BCUT2D eigenvalue weighted by Gasteiger charge is 2.47. The fourth-order valence-electron chi connectivity index (χ4n) is 5.16. The van der Waals surface area contributed by atoms with Crippen molar-refractivity contribution in [1.82, 2.24) is 9.80 Å². The van der Waals surface area contributed by atoms with Crippen molar-refractivity contribution >= 4 is 17.4 Å². The first-order chi connectivity index (χ1) is 18.0. The number of Topliss-reactive ketones (excluding diaryl/α,β-unsaturated/α-hetero) is 1. The van der Waals surface area contributed by atoms with Crippen LogP contribution in [0, 0.1) is 0 Å². The second kappa shape index (κ2) is 10.2. The lowest BCUT2D eigenvalue weighted by atomic mass is 9.94. The number of carbonyl (C=O) groups is 2. The van der Waals surface area contributed by atoms with Crippen molar-refractivity contribution in [2.75, 3.05) is 54.3 Å². The monoisotopic (exact) mass is 510 g/mol. The van der Waals surface area contributed by atoms with Crippen LogP contribution in [0.25, 0.3) is 5.76 Å². The summed E-state index contributed by atoms with van der Waals surface area (Å²) in [6.07, 6.45) is 2.22. The number of likely N-dealkylation sites (tertiary alicyclic amines) is 2. The summed E-state index contributed by atoms with van der Waals surface area (Å²) >= 11 is 0. The van der Waals surface area contributed by atoms with E-state index in [-0.39, 0.29) is 18.1 Å². The summed E-state index contributed by atoms with van der Waals surface area (Å²) < 4.78 is 27.3. The molecule has 3 aliphatic rings. The van der Waals surface area contributed by atoms with Gasteiger partial charge in [-0.2, -0.15) is 0 Å². The molecule has 5 rings (SSSR count). The van der Waals surface area contributed by atoms with Crippen molar-refractivity contribution in [3.8, 4) is 28.7 Å². The number of carbonyl (C=O) groups excluding carboxylic acids is 2. The highest BCUT2D eigenvalue weighted by Crippen LogP contribution is 2.47. The number of aliphatic hydroxyl groups is 1. The zero-order valence-corrected chi connectivity index (χ0v) is 21.1. The third kappa shape index (κ3) is 4.42. The van der Waals surface area contributed by atoms with Gasteiger partial charge in [0.05, 0.1) is 32.9 Å². The minimum Gasteiger partial charge on any atom is -0.507 e. The molecule has 10 nitrogen and oxygen atoms in total. The van der Waals surface area contributed by atoms with E-state index in [2.05, 4.69) is 4.90 Å². The van der Waals surface area contributed by atoms with Gasteiger partial charge in [-0.1, -0.05) is 0 Å². The van der Waals surface area contributed by atoms with Crippen LogP contribution in [0.15, 0.2) is 35.9 Å². The van der Waals surface area contributed by atoms with Gasteiger partial charge in [-0.15, -0.1) is 0 Å². The van der Waals surface area contributed by atoms with E-state index >= 15 is 0 Å². The molecule has 3 heterocycles. The maximum absolute atomic E-state index is 13.4. The van der Waals surface area contributed by atoms with Gasteiger partial charge in [-0.25, -0.2) is 0 Å². The third-order valence-corrected chi connectivity index (χ3v) is 7.05. The van der Waals surface area contributed by atoms with Gasteiger partial charge in [-0.05, 0) is 61.8 Å². The van der Waals surface area contributed by atoms with Crippen LogP contribution in [0.2, 0.25) is 0 Å². The summed E-state index contributed by atoms with van der Waals surface area (Å²) in [7, 11) is 4.50. The number of ketones is 1. The van der Waals surface area contributed by atoms with E-state index in [0.717, 1.165) is 25.9 Å². The molecule has 0 spiro atoms. The third-order valence-electron chi connectivity index (χ3n) is 7.05. The Bertz CT molecular complexity index is 1250. The SMILES string of the molecule is COc1ccc(/C(O)=C2\C(=O)C(=O)N(CCN3CCCC3)C2c2cc(OC)c3c(c2)OCO3)cc1OC. The van der Waals surface area contributed by atoms with E-state index in [4.69, 9.17) is 23.7 Å². The molecular weight excluding hydrogens is 480 g/mol. The lowest BCUT2D eigenvalue weighted by Crippen LogP contribution is -2.37. The molecular formula is C27H30N2O8. The molecule has 3 aliphatic heterocycles. The van der Waals surface area contributed by atoms with Crippen molar-refractivity contribution < 1.29 is 38.4 Å². The van der Waals surface area contributed by atoms with Gasteiger partial charge < -0.3 is 38.6 Å². The van der Waals surface area contributed by atoms with Crippen molar-refractivity contribution in [3.05, 3.63) is 47.0 Å². The molecule has 0 aliphatic carbocycles. The molecule has 0 aromatic heterocycles. The molecule has 1 N–H and O–H groups in total. The number of hydrogen-bond donors (Lipinski definition) is 1. The Kier molecular flexibility index (Phi) is 6.84. The standard InChI is InChI=1S/C27H30N2O8/c1-33-18-7-6-16(12-19(18)34-2)24(30)22-23(17-13-20(35-3)26-21(14-17)36-15-37-26)29(27(32)25(22)31)11-10-28-8-4-5-9-28/h6-7,12-14,23,30H,4-5,8-11,15H2,1-3H3/b24-22+. The summed E-state index contributed by atoms with van der Waals surface area (Å²) in [6, 6.07) is 7.42. The summed E-state index contributed by atoms with van der Waals surface area (Å²) in [6.45, 7) is 2.91. The first-order valence-corrected chi connectivity index (χ1v) is 12.2. The maximum Gasteiger partial charge on any atom is 0.295 e. The molecule has 0 radical (unpaired) electrons. The molecule has 2 aromatic rings. The van der Waals surface area contributed by atoms with Crippen LogP contribution in [0.5, 0.6) is 28.7 Å². The predicted molar refractivity (Wildman–Crippen MR) is 133 cm³/mol. The minimum atomic E-state index is -0.848. The molecule has 2 saturated heterocycles. The second-order valence-electron chi connectivity index (χ2n) is 9.07. The molecule has 0 bridgehead atoms. The first-order valence-electron chi connectivity index (χ1n) is 12.2. The molecule has 2 aromatic carbocycles. The number of nitrogens with zero attached hydrogens (tertiary/aromatic N) is 2. The fraction of sp³-hybridized carbons (Fsp3) is 0.407. The normalized spacial score (nSPS) is 20.5. The Hall–Kier alpha value is -3.92. The minimum absolute atomic E-state index is 0.0143. The van der Waals surface area contributed by atoms with Crippen LogP contribution >= 0.6 is 0 Å². The lowest BCUT2D eigenvalue weighted by molar-refractivity contribution is -0.140. The molecule has 1 atom stereocenters. The molecule has 196 valence electrons. The van der Waals surface area contributed by atoms with Crippen LogP contribution in [-0.4, -0.2) is 80.9 Å². The maximum atomic E-state index is 13.4. The number of fused-ring (bicyclic) bond motifs is 1. The van der Waals surface area contributed by atoms with Gasteiger partial charge in [0.25, 0.3) is 11.7 Å². The van der Waals surface area contributed by atoms with Gasteiger partial charge in [0.1, 0.15) is 5.76 Å². The Morgan fingerprint density at radius 1 is 0.946 bits per heavy atom. The van der Waals surface area contributed by atoms with Gasteiger partial charge >= 0.3 is 0 Å². The Morgan fingerprint density at radius 3 is 2.38 bits per heavy atom. The summed E-state index contributed by atoms with van der Waals surface area (Å²) in [5.41, 5.74) is 0.885. The zero-order valence-electron chi connectivity index (χ0n) is 21.1. The summed E-state index contributed by atoms with van der Waals surface area (Å²) in [5, 5.41) is 11.4. The highest BCUT2D eigenvalue weighted by atomic mass is 16.7. The van der Waals surface area contributed by atoms with E-state index in [1.807, 2.05) is 0 Å². The van der Waals surface area contributed by atoms with E-state index in [1.54, 1.807) is 30.3 Å². The van der Waals surface area contributed by atoms with Gasteiger partial charge in [0.2, 0.25) is 12.5 Å². The van der Waals surface area contributed by atoms with Crippen LogP contribution < -0.4 is 23.7 Å². The van der Waals surface area contributed by atoms with Crippen LogP contribution in [0.1, 0.15) is 30.0 Å². The molecule has 10 heteroatoms. The number of methoxy groups -OCH3 is 3. The van der Waals surface area contributed by atoms with Gasteiger partial charge in [0.15, 0.2) is 23.0 Å². The molecule has 2 fully saturated rings. The van der Waals surface area contributed by atoms with E-state index < -0.39 is 17.7 Å².